The average molecular weight is 517 g/mol. The first-order chi connectivity index (χ1) is 19.0. The maximum absolute atomic E-state index is 13.6. The van der Waals surface area contributed by atoms with Crippen LogP contribution in [-0.4, -0.2) is 27.7 Å². The van der Waals surface area contributed by atoms with Gasteiger partial charge >= 0.3 is 0 Å². The first kappa shape index (κ1) is 25.8. The van der Waals surface area contributed by atoms with Crippen molar-refractivity contribution >= 4 is 29.3 Å². The molecule has 2 N–H and O–H groups in total. The Morgan fingerprint density at radius 3 is 2.23 bits per heavy atom. The van der Waals surface area contributed by atoms with Gasteiger partial charge in [-0.3, -0.25) is 14.5 Å². The number of aliphatic imine (C=N–C) groups is 1. The van der Waals surface area contributed by atoms with Gasteiger partial charge in [-0.05, 0) is 53.5 Å². The molecule has 6 nitrogen and oxygen atoms in total. The topological polar surface area (TPSA) is 90.2 Å². The largest absolute Gasteiger partial charge is 0.508 e. The maximum atomic E-state index is 13.6. The normalized spacial score (nSPS) is 14.1. The summed E-state index contributed by atoms with van der Waals surface area (Å²) in [6.07, 6.45) is 3.17. The van der Waals surface area contributed by atoms with E-state index < -0.39 is 0 Å². The van der Waals surface area contributed by atoms with Crippen molar-refractivity contribution in [3.05, 3.63) is 137 Å². The molecule has 5 rings (SSSR count). The number of aliphatic hydroxyl groups excluding tert-OH is 1. The van der Waals surface area contributed by atoms with Crippen LogP contribution in [0.3, 0.4) is 0 Å². The summed E-state index contributed by atoms with van der Waals surface area (Å²) in [4.78, 5) is 32.4. The van der Waals surface area contributed by atoms with Crippen LogP contribution < -0.4 is 4.90 Å². The molecular formula is C33H28N2O4. The lowest BCUT2D eigenvalue weighted by atomic mass is 10.0. The minimum absolute atomic E-state index is 0.00821. The van der Waals surface area contributed by atoms with Crippen LogP contribution >= 0.6 is 0 Å². The van der Waals surface area contributed by atoms with Gasteiger partial charge in [0.2, 0.25) is 0 Å². The van der Waals surface area contributed by atoms with E-state index in [0.29, 0.717) is 41.9 Å². The number of hydrogen-bond acceptors (Lipinski definition) is 5. The number of anilines is 1. The van der Waals surface area contributed by atoms with Crippen LogP contribution in [0.2, 0.25) is 0 Å². The number of aromatic hydroxyl groups is 1. The van der Waals surface area contributed by atoms with Gasteiger partial charge in [-0.15, -0.1) is 0 Å². The highest BCUT2D eigenvalue weighted by molar-refractivity contribution is 6.33. The summed E-state index contributed by atoms with van der Waals surface area (Å²) in [5.41, 5.74) is 4.71. The number of amides is 1. The first-order valence-electron chi connectivity index (χ1n) is 12.8. The quantitative estimate of drug-likeness (QED) is 0.289. The molecule has 0 bridgehead atoms. The van der Waals surface area contributed by atoms with E-state index in [1.54, 1.807) is 23.1 Å². The van der Waals surface area contributed by atoms with Gasteiger partial charge in [0, 0.05) is 24.0 Å². The Morgan fingerprint density at radius 1 is 0.846 bits per heavy atom. The van der Waals surface area contributed by atoms with Gasteiger partial charge in [-0.25, -0.2) is 4.99 Å². The molecule has 4 aromatic carbocycles. The van der Waals surface area contributed by atoms with Gasteiger partial charge in [-0.1, -0.05) is 78.9 Å². The first-order valence-corrected chi connectivity index (χ1v) is 12.8. The molecule has 1 heterocycles. The third-order valence-electron chi connectivity index (χ3n) is 6.60. The van der Waals surface area contributed by atoms with E-state index in [2.05, 4.69) is 4.99 Å². The maximum Gasteiger partial charge on any atom is 0.282 e. The van der Waals surface area contributed by atoms with E-state index in [1.807, 2.05) is 84.9 Å². The molecule has 0 radical (unpaired) electrons. The summed E-state index contributed by atoms with van der Waals surface area (Å²) >= 11 is 0. The Hall–Kier alpha value is -4.81. The van der Waals surface area contributed by atoms with Crippen LogP contribution in [0.1, 0.15) is 34.2 Å². The lowest BCUT2D eigenvalue weighted by molar-refractivity contribution is -0.118. The molecule has 0 fully saturated rings. The highest BCUT2D eigenvalue weighted by atomic mass is 16.3. The molecule has 4 aromatic rings. The molecule has 39 heavy (non-hydrogen) atoms. The van der Waals surface area contributed by atoms with E-state index in [-0.39, 0.29) is 29.7 Å². The molecule has 6 heteroatoms. The number of phenols is 1. The number of rotatable bonds is 9. The molecule has 0 saturated carbocycles. The molecule has 1 amide bonds. The summed E-state index contributed by atoms with van der Waals surface area (Å²) in [5, 5.41) is 19.4. The second-order valence-corrected chi connectivity index (χ2v) is 9.39. The predicted octanol–water partition coefficient (Wildman–Crippen LogP) is 5.46. The SMILES string of the molecule is O=C(CCc1ccccc1)Cc1ccc(N2C(=O)/C(=C/c3ccc(O)c(CO)c3)N=C2c2ccccc2)cc1. The zero-order chi connectivity index (χ0) is 27.2. The zero-order valence-electron chi connectivity index (χ0n) is 21.3. The Morgan fingerprint density at radius 2 is 1.54 bits per heavy atom. The highest BCUT2D eigenvalue weighted by Crippen LogP contribution is 2.29. The fourth-order valence-corrected chi connectivity index (χ4v) is 4.52. The number of benzene rings is 4. The Kier molecular flexibility index (Phi) is 7.75. The third kappa shape index (κ3) is 6.03. The Labute approximate surface area is 227 Å². The molecule has 0 aliphatic carbocycles. The monoisotopic (exact) mass is 516 g/mol. The van der Waals surface area contributed by atoms with Crippen molar-refractivity contribution in [2.75, 3.05) is 4.90 Å². The van der Waals surface area contributed by atoms with Crippen molar-refractivity contribution in [2.45, 2.75) is 25.9 Å². The Bertz CT molecular complexity index is 1540. The van der Waals surface area contributed by atoms with Crippen LogP contribution in [0.25, 0.3) is 6.08 Å². The van der Waals surface area contributed by atoms with Gasteiger partial charge in [0.15, 0.2) is 0 Å². The average Bonchev–Trinajstić information content (AvgIpc) is 3.29. The van der Waals surface area contributed by atoms with Crippen LogP contribution in [-0.2, 0) is 29.0 Å². The lowest BCUT2D eigenvalue weighted by Crippen LogP contribution is -2.32. The molecular weight excluding hydrogens is 488 g/mol. The van der Waals surface area contributed by atoms with Crippen LogP contribution in [0.5, 0.6) is 5.75 Å². The van der Waals surface area contributed by atoms with E-state index >= 15 is 0 Å². The van der Waals surface area contributed by atoms with Crippen LogP contribution in [0.4, 0.5) is 5.69 Å². The van der Waals surface area contributed by atoms with Crippen molar-refractivity contribution in [3.63, 3.8) is 0 Å². The number of nitrogens with zero attached hydrogens (tertiary/aromatic N) is 2. The number of amidine groups is 1. The van der Waals surface area contributed by atoms with Gasteiger partial charge in [-0.2, -0.15) is 0 Å². The van der Waals surface area contributed by atoms with Crippen molar-refractivity contribution in [1.82, 2.24) is 0 Å². The highest BCUT2D eigenvalue weighted by Gasteiger charge is 2.32. The summed E-state index contributed by atoms with van der Waals surface area (Å²) < 4.78 is 0. The molecule has 0 spiro atoms. The summed E-state index contributed by atoms with van der Waals surface area (Å²) in [6, 6.07) is 31.6. The fraction of sp³-hybridized carbons (Fsp3) is 0.121. The number of hydrogen-bond donors (Lipinski definition) is 2. The number of aliphatic hydroxyl groups is 1. The second kappa shape index (κ2) is 11.7. The smallest absolute Gasteiger partial charge is 0.282 e. The number of ketones is 1. The van der Waals surface area contributed by atoms with Crippen LogP contribution in [0.15, 0.2) is 114 Å². The second-order valence-electron chi connectivity index (χ2n) is 9.39. The lowest BCUT2D eigenvalue weighted by Gasteiger charge is -2.19. The number of carbonyl (C=O) groups excluding carboxylic acids is 2. The van der Waals surface area contributed by atoms with Crippen LogP contribution in [0, 0.1) is 0 Å². The van der Waals surface area contributed by atoms with Crippen molar-refractivity contribution < 1.29 is 19.8 Å². The fourth-order valence-electron chi connectivity index (χ4n) is 4.52. The molecule has 0 atom stereocenters. The number of Topliss-reactive ketones (excluding diaryl/α,β-unsaturated/α-hetero) is 1. The predicted molar refractivity (Wildman–Crippen MR) is 152 cm³/mol. The molecule has 1 aliphatic rings. The third-order valence-corrected chi connectivity index (χ3v) is 6.60. The van der Waals surface area contributed by atoms with E-state index in [4.69, 9.17) is 0 Å². The number of carbonyl (C=O) groups is 2. The van der Waals surface area contributed by atoms with E-state index in [0.717, 1.165) is 16.7 Å². The molecule has 0 saturated heterocycles. The van der Waals surface area contributed by atoms with Crippen molar-refractivity contribution in [2.24, 2.45) is 4.99 Å². The number of aryl methyl sites for hydroxylation is 1. The standard InChI is InChI=1S/C33H28N2O4/c36-22-27-19-25(14-18-31(27)38)21-30-33(39)35(32(34-30)26-9-5-2-6-10-26)28-15-11-24(12-16-28)20-29(37)17-13-23-7-3-1-4-8-23/h1-12,14-16,18-19,21,36,38H,13,17,20,22H2/b30-21-. The minimum Gasteiger partial charge on any atom is -0.508 e. The van der Waals surface area contributed by atoms with Gasteiger partial charge in [0.05, 0.1) is 12.3 Å². The molecule has 0 aromatic heterocycles. The van der Waals surface area contributed by atoms with E-state index in [1.165, 1.54) is 6.07 Å². The van der Waals surface area contributed by atoms with Gasteiger partial charge in [0.25, 0.3) is 5.91 Å². The molecule has 1 aliphatic heterocycles. The van der Waals surface area contributed by atoms with Gasteiger partial charge in [0.1, 0.15) is 23.1 Å². The summed E-state index contributed by atoms with van der Waals surface area (Å²) in [6.45, 7) is -0.317. The van der Waals surface area contributed by atoms with Crippen molar-refractivity contribution in [1.29, 1.82) is 0 Å². The van der Waals surface area contributed by atoms with Gasteiger partial charge < -0.3 is 10.2 Å². The molecule has 0 unspecified atom stereocenters. The van der Waals surface area contributed by atoms with Crippen molar-refractivity contribution in [3.8, 4) is 5.75 Å². The zero-order valence-corrected chi connectivity index (χ0v) is 21.3. The van der Waals surface area contributed by atoms with E-state index in [9.17, 15) is 19.8 Å². The molecule has 194 valence electrons. The minimum atomic E-state index is -0.317. The summed E-state index contributed by atoms with van der Waals surface area (Å²) in [5.74, 6) is 0.363. The summed E-state index contributed by atoms with van der Waals surface area (Å²) in [7, 11) is 0. The Balaban J connectivity index is 1.37.